The van der Waals surface area contributed by atoms with Crippen LogP contribution in [0.1, 0.15) is 20.3 Å². The highest BCUT2D eigenvalue weighted by Gasteiger charge is 2.16. The molecule has 0 radical (unpaired) electrons. The number of nitrogens with one attached hydrogen (secondary N) is 1. The van der Waals surface area contributed by atoms with Crippen LogP contribution in [0.4, 0.5) is 0 Å². The monoisotopic (exact) mass is 260 g/mol. The second-order valence-corrected chi connectivity index (χ2v) is 4.12. The van der Waals surface area contributed by atoms with Gasteiger partial charge < -0.3 is 14.8 Å². The molecule has 0 heterocycles. The molecular weight excluding hydrogens is 236 g/mol. The van der Waals surface area contributed by atoms with E-state index in [0.29, 0.717) is 19.8 Å². The topological polar surface area (TPSA) is 67.9 Å². The summed E-state index contributed by atoms with van der Waals surface area (Å²) >= 11 is 0. The minimum absolute atomic E-state index is 0.0303. The number of esters is 1. The normalized spacial score (nSPS) is 12.3. The lowest BCUT2D eigenvalue weighted by atomic mass is 10.2. The van der Waals surface area contributed by atoms with Gasteiger partial charge in [0.1, 0.15) is 0 Å². The van der Waals surface area contributed by atoms with Crippen molar-refractivity contribution in [1.29, 1.82) is 0 Å². The van der Waals surface area contributed by atoms with Gasteiger partial charge in [-0.1, -0.05) is 0 Å². The van der Waals surface area contributed by atoms with Gasteiger partial charge >= 0.3 is 5.97 Å². The molecular formula is C12H24N2O4. The molecule has 1 unspecified atom stereocenters. The molecule has 106 valence electrons. The van der Waals surface area contributed by atoms with Gasteiger partial charge in [-0.3, -0.25) is 14.5 Å². The Morgan fingerprint density at radius 3 is 2.61 bits per heavy atom. The summed E-state index contributed by atoms with van der Waals surface area (Å²) in [5.41, 5.74) is 0. The van der Waals surface area contributed by atoms with Crippen LogP contribution in [0.25, 0.3) is 0 Å². The highest BCUT2D eigenvalue weighted by molar-refractivity contribution is 5.78. The largest absolute Gasteiger partial charge is 0.466 e. The Morgan fingerprint density at radius 2 is 2.06 bits per heavy atom. The number of ether oxygens (including phenoxy) is 2. The van der Waals surface area contributed by atoms with Crippen molar-refractivity contribution in [1.82, 2.24) is 10.2 Å². The minimum Gasteiger partial charge on any atom is -0.466 e. The second-order valence-electron chi connectivity index (χ2n) is 4.12. The number of likely N-dealkylation sites (N-methyl/N-ethyl adjacent to an activating group) is 1. The molecule has 0 aliphatic rings. The molecule has 0 aliphatic carbocycles. The smallest absolute Gasteiger partial charge is 0.307 e. The molecule has 0 aromatic heterocycles. The van der Waals surface area contributed by atoms with Crippen LogP contribution in [0, 0.1) is 0 Å². The van der Waals surface area contributed by atoms with E-state index in [9.17, 15) is 9.59 Å². The minimum atomic E-state index is -0.239. The quantitative estimate of drug-likeness (QED) is 0.468. The first kappa shape index (κ1) is 16.9. The fourth-order valence-electron chi connectivity index (χ4n) is 1.35. The molecule has 6 heteroatoms. The van der Waals surface area contributed by atoms with Crippen molar-refractivity contribution in [3.63, 3.8) is 0 Å². The Kier molecular flexibility index (Phi) is 9.22. The third-order valence-electron chi connectivity index (χ3n) is 2.54. The van der Waals surface area contributed by atoms with Crippen molar-refractivity contribution in [3.05, 3.63) is 0 Å². The molecule has 18 heavy (non-hydrogen) atoms. The molecule has 0 aromatic carbocycles. The van der Waals surface area contributed by atoms with E-state index in [1.165, 1.54) is 0 Å². The van der Waals surface area contributed by atoms with Gasteiger partial charge in [-0.05, 0) is 20.9 Å². The van der Waals surface area contributed by atoms with Gasteiger partial charge in [0.2, 0.25) is 5.91 Å². The third kappa shape index (κ3) is 8.03. The average Bonchev–Trinajstić information content (AvgIpc) is 2.29. The van der Waals surface area contributed by atoms with Crippen molar-refractivity contribution in [2.45, 2.75) is 26.3 Å². The van der Waals surface area contributed by atoms with Crippen LogP contribution >= 0.6 is 0 Å². The molecule has 0 aliphatic heterocycles. The summed E-state index contributed by atoms with van der Waals surface area (Å²) < 4.78 is 9.70. The molecule has 0 aromatic rings. The van der Waals surface area contributed by atoms with Gasteiger partial charge in [0.05, 0.1) is 26.2 Å². The molecule has 0 rings (SSSR count). The first-order valence-corrected chi connectivity index (χ1v) is 6.12. The number of carbonyl (C=O) groups is 2. The van der Waals surface area contributed by atoms with E-state index in [0.717, 1.165) is 0 Å². The first-order valence-electron chi connectivity index (χ1n) is 6.12. The van der Waals surface area contributed by atoms with Crippen LogP contribution in [-0.2, 0) is 19.1 Å². The number of hydrogen-bond donors (Lipinski definition) is 1. The maximum atomic E-state index is 11.5. The van der Waals surface area contributed by atoms with E-state index < -0.39 is 0 Å². The van der Waals surface area contributed by atoms with Crippen molar-refractivity contribution >= 4 is 11.9 Å². The molecule has 0 saturated heterocycles. The number of methoxy groups -OCH3 is 1. The molecule has 6 nitrogen and oxygen atoms in total. The van der Waals surface area contributed by atoms with Crippen molar-refractivity contribution < 1.29 is 19.1 Å². The van der Waals surface area contributed by atoms with Gasteiger partial charge in [0, 0.05) is 19.7 Å². The lowest BCUT2D eigenvalue weighted by molar-refractivity contribution is -0.144. The maximum Gasteiger partial charge on any atom is 0.307 e. The van der Waals surface area contributed by atoms with Crippen LogP contribution in [-0.4, -0.2) is 63.3 Å². The third-order valence-corrected chi connectivity index (χ3v) is 2.54. The van der Waals surface area contributed by atoms with Crippen molar-refractivity contribution in [2.24, 2.45) is 0 Å². The molecule has 0 fully saturated rings. The van der Waals surface area contributed by atoms with E-state index in [2.05, 4.69) is 5.32 Å². The Hall–Kier alpha value is -1.14. The SMILES string of the molecule is CCOC(=O)CC(C)N(C)CC(=O)NCCOC. The number of carbonyl (C=O) groups excluding carboxylic acids is 2. The van der Waals surface area contributed by atoms with E-state index in [-0.39, 0.29) is 30.9 Å². The van der Waals surface area contributed by atoms with E-state index in [4.69, 9.17) is 9.47 Å². The number of hydrogen-bond acceptors (Lipinski definition) is 5. The van der Waals surface area contributed by atoms with Crippen LogP contribution in [0.3, 0.4) is 0 Å². The predicted octanol–water partition coefficient (Wildman–Crippen LogP) is 0.0225. The molecule has 0 spiro atoms. The zero-order valence-electron chi connectivity index (χ0n) is 11.7. The lowest BCUT2D eigenvalue weighted by Crippen LogP contribution is -2.41. The molecule has 1 atom stereocenters. The summed E-state index contributed by atoms with van der Waals surface area (Å²) in [6.07, 6.45) is 0.287. The summed E-state index contributed by atoms with van der Waals surface area (Å²) in [5, 5.41) is 2.73. The van der Waals surface area contributed by atoms with Gasteiger partial charge in [-0.15, -0.1) is 0 Å². The molecule has 1 N–H and O–H groups in total. The summed E-state index contributed by atoms with van der Waals surface area (Å²) in [4.78, 5) is 24.6. The molecule has 0 saturated carbocycles. The number of amides is 1. The van der Waals surface area contributed by atoms with Gasteiger partial charge in [-0.2, -0.15) is 0 Å². The molecule has 1 amide bonds. The lowest BCUT2D eigenvalue weighted by Gasteiger charge is -2.23. The van der Waals surface area contributed by atoms with Crippen molar-refractivity contribution in [2.75, 3.05) is 40.5 Å². The highest BCUT2D eigenvalue weighted by Crippen LogP contribution is 2.02. The first-order chi connectivity index (χ1) is 8.51. The fraction of sp³-hybridized carbons (Fsp3) is 0.833. The van der Waals surface area contributed by atoms with E-state index in [1.54, 1.807) is 21.1 Å². The zero-order valence-corrected chi connectivity index (χ0v) is 11.7. The fourth-order valence-corrected chi connectivity index (χ4v) is 1.35. The average molecular weight is 260 g/mol. The van der Waals surface area contributed by atoms with Gasteiger partial charge in [0.15, 0.2) is 0 Å². The Bertz CT molecular complexity index is 258. The zero-order chi connectivity index (χ0) is 14.0. The molecule has 0 bridgehead atoms. The summed E-state index contributed by atoms with van der Waals surface area (Å²) in [7, 11) is 3.39. The van der Waals surface area contributed by atoms with Crippen LogP contribution in [0.5, 0.6) is 0 Å². The Morgan fingerprint density at radius 1 is 1.39 bits per heavy atom. The predicted molar refractivity (Wildman–Crippen MR) is 68.2 cm³/mol. The highest BCUT2D eigenvalue weighted by atomic mass is 16.5. The Balaban J connectivity index is 3.88. The van der Waals surface area contributed by atoms with Gasteiger partial charge in [-0.25, -0.2) is 0 Å². The van der Waals surface area contributed by atoms with Crippen LogP contribution in [0.2, 0.25) is 0 Å². The summed E-state index contributed by atoms with van der Waals surface area (Å²) in [6.45, 7) is 5.29. The summed E-state index contributed by atoms with van der Waals surface area (Å²) in [5.74, 6) is -0.318. The van der Waals surface area contributed by atoms with E-state index >= 15 is 0 Å². The number of rotatable bonds is 9. The van der Waals surface area contributed by atoms with Crippen molar-refractivity contribution in [3.8, 4) is 0 Å². The van der Waals surface area contributed by atoms with Gasteiger partial charge in [0.25, 0.3) is 0 Å². The maximum absolute atomic E-state index is 11.5. The Labute approximate surface area is 109 Å². The standard InChI is InChI=1S/C12H24N2O4/c1-5-18-12(16)8-10(2)14(3)9-11(15)13-6-7-17-4/h10H,5-9H2,1-4H3,(H,13,15). The van der Waals surface area contributed by atoms with Crippen LogP contribution in [0.15, 0.2) is 0 Å². The number of nitrogens with zero attached hydrogens (tertiary/aromatic N) is 1. The second kappa shape index (κ2) is 9.85. The van der Waals surface area contributed by atoms with Crippen LogP contribution < -0.4 is 5.32 Å². The van der Waals surface area contributed by atoms with E-state index in [1.807, 2.05) is 11.8 Å². The summed E-state index contributed by atoms with van der Waals surface area (Å²) in [6, 6.07) is -0.0303.